The largest absolute Gasteiger partial charge is 0.397 e. The minimum atomic E-state index is 0.543. The summed E-state index contributed by atoms with van der Waals surface area (Å²) in [4.78, 5) is 0. The lowest BCUT2D eigenvalue weighted by Crippen LogP contribution is -1.97. The highest BCUT2D eigenvalue weighted by Gasteiger charge is 2.03. The summed E-state index contributed by atoms with van der Waals surface area (Å²) in [7, 11) is 0. The Hall–Kier alpha value is -1.39. The summed E-state index contributed by atoms with van der Waals surface area (Å²) in [6.07, 6.45) is 0. The molecule has 0 spiro atoms. The fourth-order valence-electron chi connectivity index (χ4n) is 1.40. The maximum absolute atomic E-state index is 6.08. The minimum Gasteiger partial charge on any atom is -0.397 e. The van der Waals surface area contributed by atoms with Crippen molar-refractivity contribution in [2.45, 2.75) is 0 Å². The molecule has 2 aromatic carbocycles. The topological polar surface area (TPSA) is 64.1 Å². The van der Waals surface area contributed by atoms with E-state index in [0.29, 0.717) is 16.4 Å². The lowest BCUT2D eigenvalue weighted by atomic mass is 10.2. The molecule has 0 aliphatic carbocycles. The third kappa shape index (κ3) is 2.84. The van der Waals surface area contributed by atoms with Crippen LogP contribution in [0, 0.1) is 0 Å². The second-order valence-corrected chi connectivity index (χ2v) is 4.92. The van der Waals surface area contributed by atoms with Crippen LogP contribution in [-0.2, 0) is 0 Å². The first kappa shape index (κ1) is 12.1. The molecule has 0 heterocycles. The number of benzene rings is 2. The number of anilines is 4. The fraction of sp³-hybridized carbons (Fsp3) is 0. The van der Waals surface area contributed by atoms with Crippen molar-refractivity contribution in [1.82, 2.24) is 0 Å². The van der Waals surface area contributed by atoms with Gasteiger partial charge in [-0.25, -0.2) is 0 Å². The summed E-state index contributed by atoms with van der Waals surface area (Å²) in [5.74, 6) is 0. The first-order valence-electron chi connectivity index (χ1n) is 4.93. The van der Waals surface area contributed by atoms with E-state index in [-0.39, 0.29) is 0 Å². The number of halogens is 2. The van der Waals surface area contributed by atoms with Crippen LogP contribution in [0.5, 0.6) is 0 Å². The number of hydrogen-bond donors (Lipinski definition) is 3. The molecule has 5 N–H and O–H groups in total. The Morgan fingerprint density at radius 1 is 1.00 bits per heavy atom. The normalized spacial score (nSPS) is 10.2. The van der Waals surface area contributed by atoms with E-state index in [1.54, 1.807) is 12.1 Å². The average molecular weight is 313 g/mol. The lowest BCUT2D eigenvalue weighted by molar-refractivity contribution is 1.53. The summed E-state index contributed by atoms with van der Waals surface area (Å²) in [6.45, 7) is 0. The molecule has 0 bridgehead atoms. The molecule has 2 aromatic rings. The maximum atomic E-state index is 6.08. The molecule has 3 nitrogen and oxygen atoms in total. The molecule has 17 heavy (non-hydrogen) atoms. The van der Waals surface area contributed by atoms with Crippen LogP contribution in [0.1, 0.15) is 0 Å². The molecule has 0 atom stereocenters. The zero-order valence-electron chi connectivity index (χ0n) is 8.87. The van der Waals surface area contributed by atoms with E-state index in [4.69, 9.17) is 23.1 Å². The molecule has 0 aliphatic heterocycles. The van der Waals surface area contributed by atoms with E-state index in [2.05, 4.69) is 21.2 Å². The van der Waals surface area contributed by atoms with Gasteiger partial charge in [-0.3, -0.25) is 0 Å². The number of nitrogens with two attached hydrogens (primary N) is 2. The van der Waals surface area contributed by atoms with Gasteiger partial charge < -0.3 is 16.8 Å². The van der Waals surface area contributed by atoms with Crippen molar-refractivity contribution in [3.63, 3.8) is 0 Å². The second-order valence-electron chi connectivity index (χ2n) is 3.59. The highest BCUT2D eigenvalue weighted by atomic mass is 79.9. The molecule has 0 fully saturated rings. The van der Waals surface area contributed by atoms with Crippen LogP contribution in [0.15, 0.2) is 40.9 Å². The summed E-state index contributed by atoms with van der Waals surface area (Å²) < 4.78 is 0.952. The van der Waals surface area contributed by atoms with Gasteiger partial charge in [-0.1, -0.05) is 27.5 Å². The Morgan fingerprint density at radius 2 is 1.76 bits per heavy atom. The van der Waals surface area contributed by atoms with Crippen molar-refractivity contribution in [2.24, 2.45) is 0 Å². The summed E-state index contributed by atoms with van der Waals surface area (Å²) >= 11 is 9.47. The van der Waals surface area contributed by atoms with Gasteiger partial charge in [0.15, 0.2) is 0 Å². The number of hydrogen-bond acceptors (Lipinski definition) is 3. The molecule has 0 radical (unpaired) electrons. The first-order chi connectivity index (χ1) is 8.06. The van der Waals surface area contributed by atoms with Crippen LogP contribution in [0.4, 0.5) is 22.7 Å². The zero-order valence-corrected chi connectivity index (χ0v) is 11.2. The summed E-state index contributed by atoms with van der Waals surface area (Å²) in [5.41, 5.74) is 14.1. The number of nitrogen functional groups attached to an aromatic ring is 2. The standard InChI is InChI=1S/C12H11BrClN3/c13-7-1-3-9(14)12(5-7)17-8-2-4-10(15)11(16)6-8/h1-6,17H,15-16H2. The van der Waals surface area contributed by atoms with Crippen LogP contribution in [0.25, 0.3) is 0 Å². The highest BCUT2D eigenvalue weighted by molar-refractivity contribution is 9.10. The van der Waals surface area contributed by atoms with Gasteiger partial charge >= 0.3 is 0 Å². The van der Waals surface area contributed by atoms with Crippen LogP contribution in [-0.4, -0.2) is 0 Å². The van der Waals surface area contributed by atoms with Crippen molar-refractivity contribution < 1.29 is 0 Å². The number of nitrogens with one attached hydrogen (secondary N) is 1. The third-order valence-electron chi connectivity index (χ3n) is 2.29. The van der Waals surface area contributed by atoms with E-state index >= 15 is 0 Å². The second kappa shape index (κ2) is 4.85. The van der Waals surface area contributed by atoms with Gasteiger partial charge in [0.05, 0.1) is 22.1 Å². The van der Waals surface area contributed by atoms with Gasteiger partial charge in [0.2, 0.25) is 0 Å². The SMILES string of the molecule is Nc1ccc(Nc2cc(Br)ccc2Cl)cc1N. The molecule has 0 aromatic heterocycles. The highest BCUT2D eigenvalue weighted by Crippen LogP contribution is 2.30. The van der Waals surface area contributed by atoms with Crippen LogP contribution >= 0.6 is 27.5 Å². The molecule has 5 heteroatoms. The van der Waals surface area contributed by atoms with Gasteiger partial charge in [-0.15, -0.1) is 0 Å². The average Bonchev–Trinajstić information content (AvgIpc) is 2.29. The molecule has 0 unspecified atom stereocenters. The molecule has 2 rings (SSSR count). The Morgan fingerprint density at radius 3 is 2.47 bits per heavy atom. The first-order valence-corrected chi connectivity index (χ1v) is 6.10. The lowest BCUT2D eigenvalue weighted by Gasteiger charge is -2.10. The molecule has 0 saturated heterocycles. The molecule has 0 saturated carbocycles. The van der Waals surface area contributed by atoms with Crippen LogP contribution < -0.4 is 16.8 Å². The van der Waals surface area contributed by atoms with E-state index in [0.717, 1.165) is 15.8 Å². The molecular weight excluding hydrogens is 302 g/mol. The van der Waals surface area contributed by atoms with Crippen molar-refractivity contribution in [3.8, 4) is 0 Å². The van der Waals surface area contributed by atoms with E-state index in [1.165, 1.54) is 0 Å². The minimum absolute atomic E-state index is 0.543. The molecule has 0 amide bonds. The van der Waals surface area contributed by atoms with Gasteiger partial charge in [-0.05, 0) is 36.4 Å². The van der Waals surface area contributed by atoms with E-state index in [1.807, 2.05) is 24.3 Å². The van der Waals surface area contributed by atoms with Crippen LogP contribution in [0.3, 0.4) is 0 Å². The maximum Gasteiger partial charge on any atom is 0.0641 e. The molecule has 0 aliphatic rings. The van der Waals surface area contributed by atoms with E-state index < -0.39 is 0 Å². The summed E-state index contributed by atoms with van der Waals surface area (Å²) in [5, 5.41) is 3.83. The Kier molecular flexibility index (Phi) is 3.45. The van der Waals surface area contributed by atoms with Crippen LogP contribution in [0.2, 0.25) is 5.02 Å². The van der Waals surface area contributed by atoms with E-state index in [9.17, 15) is 0 Å². The smallest absolute Gasteiger partial charge is 0.0641 e. The molecular formula is C12H11BrClN3. The molecule has 88 valence electrons. The zero-order chi connectivity index (χ0) is 12.4. The Labute approximate surface area is 113 Å². The van der Waals surface area contributed by atoms with Crippen molar-refractivity contribution in [2.75, 3.05) is 16.8 Å². The predicted octanol–water partition coefficient (Wildman–Crippen LogP) is 4.01. The van der Waals surface area contributed by atoms with Gasteiger partial charge in [-0.2, -0.15) is 0 Å². The quantitative estimate of drug-likeness (QED) is 0.734. The van der Waals surface area contributed by atoms with Crippen molar-refractivity contribution >= 4 is 50.3 Å². The monoisotopic (exact) mass is 311 g/mol. The predicted molar refractivity (Wildman–Crippen MR) is 77.7 cm³/mol. The third-order valence-corrected chi connectivity index (χ3v) is 3.12. The van der Waals surface area contributed by atoms with Crippen molar-refractivity contribution in [3.05, 3.63) is 45.9 Å². The fourth-order valence-corrected chi connectivity index (χ4v) is 1.93. The number of rotatable bonds is 2. The van der Waals surface area contributed by atoms with Gasteiger partial charge in [0, 0.05) is 10.2 Å². The Bertz CT molecular complexity index is 557. The van der Waals surface area contributed by atoms with Crippen molar-refractivity contribution in [1.29, 1.82) is 0 Å². The van der Waals surface area contributed by atoms with Gasteiger partial charge in [0.1, 0.15) is 0 Å². The van der Waals surface area contributed by atoms with Gasteiger partial charge in [0.25, 0.3) is 0 Å². The summed E-state index contributed by atoms with van der Waals surface area (Å²) in [6, 6.07) is 11.0. The Balaban J connectivity index is 2.31.